The summed E-state index contributed by atoms with van der Waals surface area (Å²) in [4.78, 5) is 4.11. The summed E-state index contributed by atoms with van der Waals surface area (Å²) in [7, 11) is 0. The van der Waals surface area contributed by atoms with Gasteiger partial charge in [-0.05, 0) is 24.3 Å². The van der Waals surface area contributed by atoms with Gasteiger partial charge in [-0.3, -0.25) is 4.98 Å². The number of hydrogen-bond donors (Lipinski definition) is 2. The van der Waals surface area contributed by atoms with Gasteiger partial charge in [0.25, 0.3) is 0 Å². The topological polar surface area (TPSA) is 59.1 Å². The van der Waals surface area contributed by atoms with Crippen LogP contribution in [0.25, 0.3) is 11.3 Å². The standard InChI is InChI=1S/C12H10Cl2N2O/c13-8-1-2-9(10(14)4-8)11-3-7(5-15)12(17)6-16-11/h1-4,6,17H,5,15H2. The van der Waals surface area contributed by atoms with Crippen molar-refractivity contribution in [3.63, 3.8) is 0 Å². The van der Waals surface area contributed by atoms with E-state index in [1.54, 1.807) is 24.3 Å². The molecule has 0 saturated carbocycles. The van der Waals surface area contributed by atoms with Crippen LogP contribution < -0.4 is 5.73 Å². The minimum Gasteiger partial charge on any atom is -0.506 e. The van der Waals surface area contributed by atoms with Gasteiger partial charge < -0.3 is 10.8 Å². The molecular formula is C12H10Cl2N2O. The monoisotopic (exact) mass is 268 g/mol. The zero-order valence-corrected chi connectivity index (χ0v) is 10.3. The molecule has 0 radical (unpaired) electrons. The molecule has 3 nitrogen and oxygen atoms in total. The second kappa shape index (κ2) is 4.92. The molecule has 2 aromatic rings. The molecule has 1 aromatic heterocycles. The van der Waals surface area contributed by atoms with E-state index in [2.05, 4.69) is 4.98 Å². The molecule has 2 rings (SSSR count). The predicted octanol–water partition coefficient (Wildman–Crippen LogP) is 3.22. The zero-order chi connectivity index (χ0) is 12.4. The Hall–Kier alpha value is -1.29. The molecular weight excluding hydrogens is 259 g/mol. The number of benzene rings is 1. The van der Waals surface area contributed by atoms with Gasteiger partial charge in [-0.15, -0.1) is 0 Å². The van der Waals surface area contributed by atoms with Crippen LogP contribution in [0.4, 0.5) is 0 Å². The molecule has 0 amide bonds. The van der Waals surface area contributed by atoms with Gasteiger partial charge in [-0.25, -0.2) is 0 Å². The molecule has 0 atom stereocenters. The molecule has 88 valence electrons. The zero-order valence-electron chi connectivity index (χ0n) is 8.82. The van der Waals surface area contributed by atoms with E-state index < -0.39 is 0 Å². The fraction of sp³-hybridized carbons (Fsp3) is 0.0833. The molecule has 17 heavy (non-hydrogen) atoms. The molecule has 0 unspecified atom stereocenters. The summed E-state index contributed by atoms with van der Waals surface area (Å²) in [5.41, 5.74) is 7.56. The number of hydrogen-bond acceptors (Lipinski definition) is 3. The van der Waals surface area contributed by atoms with Gasteiger partial charge in [0.1, 0.15) is 5.75 Å². The summed E-state index contributed by atoms with van der Waals surface area (Å²) < 4.78 is 0. The molecule has 1 heterocycles. The van der Waals surface area contributed by atoms with Crippen molar-refractivity contribution < 1.29 is 5.11 Å². The molecule has 5 heteroatoms. The summed E-state index contributed by atoms with van der Waals surface area (Å²) in [6, 6.07) is 6.88. The van der Waals surface area contributed by atoms with Crippen molar-refractivity contribution in [2.45, 2.75) is 6.54 Å². The van der Waals surface area contributed by atoms with E-state index >= 15 is 0 Å². The fourth-order valence-electron chi connectivity index (χ4n) is 1.50. The Bertz CT molecular complexity index is 558. The van der Waals surface area contributed by atoms with E-state index in [0.717, 1.165) is 5.56 Å². The predicted molar refractivity (Wildman–Crippen MR) is 69.2 cm³/mol. The quantitative estimate of drug-likeness (QED) is 0.879. The summed E-state index contributed by atoms with van der Waals surface area (Å²) in [6.45, 7) is 0.243. The van der Waals surface area contributed by atoms with Crippen LogP contribution in [-0.4, -0.2) is 10.1 Å². The second-order valence-corrected chi connectivity index (χ2v) is 4.37. The Morgan fingerprint density at radius 1 is 1.24 bits per heavy atom. The van der Waals surface area contributed by atoms with Crippen LogP contribution in [0.1, 0.15) is 5.56 Å². The fourth-order valence-corrected chi connectivity index (χ4v) is 2.00. The Balaban J connectivity index is 2.53. The highest BCUT2D eigenvalue weighted by molar-refractivity contribution is 6.36. The Morgan fingerprint density at radius 3 is 2.65 bits per heavy atom. The van der Waals surface area contributed by atoms with Crippen LogP contribution >= 0.6 is 23.2 Å². The Kier molecular flexibility index (Phi) is 3.52. The van der Waals surface area contributed by atoms with E-state index in [9.17, 15) is 5.11 Å². The molecule has 0 aliphatic rings. The lowest BCUT2D eigenvalue weighted by Gasteiger charge is -2.07. The van der Waals surface area contributed by atoms with Crippen molar-refractivity contribution in [3.05, 3.63) is 46.1 Å². The minimum atomic E-state index is 0.0846. The maximum atomic E-state index is 9.50. The van der Waals surface area contributed by atoms with E-state index in [1.807, 2.05) is 0 Å². The highest BCUT2D eigenvalue weighted by Crippen LogP contribution is 2.30. The van der Waals surface area contributed by atoms with Gasteiger partial charge in [0.2, 0.25) is 0 Å². The van der Waals surface area contributed by atoms with Crippen molar-refractivity contribution >= 4 is 23.2 Å². The van der Waals surface area contributed by atoms with E-state index in [0.29, 0.717) is 21.3 Å². The van der Waals surface area contributed by atoms with Crippen LogP contribution in [0, 0.1) is 0 Å². The molecule has 0 fully saturated rings. The molecule has 0 spiro atoms. The molecule has 0 aliphatic heterocycles. The first-order chi connectivity index (χ1) is 8.11. The van der Waals surface area contributed by atoms with Crippen LogP contribution in [-0.2, 0) is 6.54 Å². The number of nitrogens with zero attached hydrogens (tertiary/aromatic N) is 1. The van der Waals surface area contributed by atoms with Gasteiger partial charge in [0.15, 0.2) is 0 Å². The summed E-state index contributed by atoms with van der Waals surface area (Å²) in [5, 5.41) is 10.6. The first-order valence-electron chi connectivity index (χ1n) is 4.95. The number of aromatic nitrogens is 1. The van der Waals surface area contributed by atoms with Gasteiger partial charge in [-0.1, -0.05) is 23.2 Å². The maximum absolute atomic E-state index is 9.50. The molecule has 0 saturated heterocycles. The smallest absolute Gasteiger partial charge is 0.138 e. The van der Waals surface area contributed by atoms with Gasteiger partial charge in [0.05, 0.1) is 16.9 Å². The normalized spacial score (nSPS) is 10.5. The van der Waals surface area contributed by atoms with Crippen molar-refractivity contribution in [2.75, 3.05) is 0 Å². The van der Waals surface area contributed by atoms with Crippen molar-refractivity contribution in [1.29, 1.82) is 0 Å². The van der Waals surface area contributed by atoms with Crippen molar-refractivity contribution in [3.8, 4) is 17.0 Å². The maximum Gasteiger partial charge on any atom is 0.138 e. The number of pyridine rings is 1. The summed E-state index contributed by atoms with van der Waals surface area (Å²) in [5.74, 6) is 0.0846. The van der Waals surface area contributed by atoms with Crippen LogP contribution in [0.5, 0.6) is 5.75 Å². The average molecular weight is 269 g/mol. The van der Waals surface area contributed by atoms with E-state index in [4.69, 9.17) is 28.9 Å². The summed E-state index contributed by atoms with van der Waals surface area (Å²) >= 11 is 11.9. The summed E-state index contributed by atoms with van der Waals surface area (Å²) in [6.07, 6.45) is 1.36. The van der Waals surface area contributed by atoms with Gasteiger partial charge in [0, 0.05) is 22.7 Å². The molecule has 0 aliphatic carbocycles. The van der Waals surface area contributed by atoms with Crippen LogP contribution in [0.2, 0.25) is 10.0 Å². The third-order valence-electron chi connectivity index (χ3n) is 2.39. The molecule has 0 bridgehead atoms. The first-order valence-corrected chi connectivity index (χ1v) is 5.71. The third-order valence-corrected chi connectivity index (χ3v) is 2.94. The van der Waals surface area contributed by atoms with Gasteiger partial charge in [-0.2, -0.15) is 0 Å². The molecule has 1 aromatic carbocycles. The molecule has 3 N–H and O–H groups in total. The number of aromatic hydroxyl groups is 1. The van der Waals surface area contributed by atoms with Crippen molar-refractivity contribution in [2.24, 2.45) is 5.73 Å². The van der Waals surface area contributed by atoms with E-state index in [-0.39, 0.29) is 12.3 Å². The second-order valence-electron chi connectivity index (χ2n) is 3.53. The van der Waals surface area contributed by atoms with E-state index in [1.165, 1.54) is 6.20 Å². The lowest BCUT2D eigenvalue weighted by atomic mass is 10.1. The van der Waals surface area contributed by atoms with Gasteiger partial charge >= 0.3 is 0 Å². The largest absolute Gasteiger partial charge is 0.506 e. The SMILES string of the molecule is NCc1cc(-c2ccc(Cl)cc2Cl)ncc1O. The Morgan fingerprint density at radius 2 is 2.00 bits per heavy atom. The average Bonchev–Trinajstić information content (AvgIpc) is 2.30. The van der Waals surface area contributed by atoms with Crippen LogP contribution in [0.3, 0.4) is 0 Å². The number of nitrogens with two attached hydrogens (primary N) is 1. The lowest BCUT2D eigenvalue weighted by molar-refractivity contribution is 0.466. The first kappa shape index (κ1) is 12.2. The number of rotatable bonds is 2. The number of halogens is 2. The Labute approximate surface area is 109 Å². The third kappa shape index (κ3) is 2.52. The lowest BCUT2D eigenvalue weighted by Crippen LogP contribution is -1.98. The van der Waals surface area contributed by atoms with Crippen molar-refractivity contribution in [1.82, 2.24) is 4.98 Å². The highest BCUT2D eigenvalue weighted by atomic mass is 35.5. The van der Waals surface area contributed by atoms with Crippen LogP contribution in [0.15, 0.2) is 30.5 Å². The minimum absolute atomic E-state index is 0.0846. The highest BCUT2D eigenvalue weighted by Gasteiger charge is 2.08.